The molecule has 0 atom stereocenters. The molecule has 0 unspecified atom stereocenters. The van der Waals surface area contributed by atoms with E-state index in [-0.39, 0.29) is 5.82 Å². The van der Waals surface area contributed by atoms with E-state index in [0.29, 0.717) is 17.9 Å². The van der Waals surface area contributed by atoms with E-state index in [4.69, 9.17) is 5.73 Å². The van der Waals surface area contributed by atoms with Gasteiger partial charge in [-0.3, -0.25) is 4.68 Å². The van der Waals surface area contributed by atoms with Crippen LogP contribution in [0.2, 0.25) is 0 Å². The molecule has 1 aromatic heterocycles. The predicted octanol–water partition coefficient (Wildman–Crippen LogP) is 2.52. The van der Waals surface area contributed by atoms with Crippen LogP contribution in [0.1, 0.15) is 11.3 Å². The maximum absolute atomic E-state index is 13.9. The minimum atomic E-state index is -0.204. The van der Waals surface area contributed by atoms with Gasteiger partial charge < -0.3 is 5.73 Å². The van der Waals surface area contributed by atoms with E-state index in [0.717, 1.165) is 16.3 Å². The number of hydrogen-bond donors (Lipinski definition) is 1. The van der Waals surface area contributed by atoms with Gasteiger partial charge in [0.15, 0.2) is 0 Å². The Hall–Kier alpha value is -1.33. The zero-order chi connectivity index (χ0) is 13.1. The molecule has 18 heavy (non-hydrogen) atoms. The van der Waals surface area contributed by atoms with E-state index in [1.54, 1.807) is 10.7 Å². The van der Waals surface area contributed by atoms with E-state index in [1.165, 1.54) is 17.8 Å². The molecule has 0 saturated heterocycles. The first kappa shape index (κ1) is 13.1. The Morgan fingerprint density at radius 3 is 2.83 bits per heavy atom. The number of nitrogens with zero attached hydrogens (tertiary/aromatic N) is 2. The molecular weight excluding hydrogens is 249 g/mol. The van der Waals surface area contributed by atoms with Gasteiger partial charge in [0.1, 0.15) is 5.82 Å². The van der Waals surface area contributed by atoms with Crippen molar-refractivity contribution in [2.45, 2.75) is 23.3 Å². The molecule has 2 rings (SSSR count). The van der Waals surface area contributed by atoms with Gasteiger partial charge in [-0.05, 0) is 37.6 Å². The van der Waals surface area contributed by atoms with Crippen molar-refractivity contribution in [1.82, 2.24) is 9.78 Å². The molecule has 1 aromatic carbocycles. The predicted molar refractivity (Wildman–Crippen MR) is 71.2 cm³/mol. The Morgan fingerprint density at radius 2 is 2.22 bits per heavy atom. The number of rotatable bonds is 4. The van der Waals surface area contributed by atoms with E-state index in [2.05, 4.69) is 5.10 Å². The smallest absolute Gasteiger partial charge is 0.137 e. The second-order valence-electron chi connectivity index (χ2n) is 4.12. The van der Waals surface area contributed by atoms with Crippen LogP contribution in [-0.2, 0) is 13.5 Å². The lowest BCUT2D eigenvalue weighted by atomic mass is 10.1. The molecular formula is C13H16FN3S. The van der Waals surface area contributed by atoms with Gasteiger partial charge in [-0.15, -0.1) is 0 Å². The summed E-state index contributed by atoms with van der Waals surface area (Å²) in [6.45, 7) is 2.44. The van der Waals surface area contributed by atoms with Crippen molar-refractivity contribution in [2.75, 3.05) is 6.54 Å². The lowest BCUT2D eigenvalue weighted by Gasteiger charge is -2.09. The van der Waals surface area contributed by atoms with Crippen LogP contribution in [0.4, 0.5) is 4.39 Å². The summed E-state index contributed by atoms with van der Waals surface area (Å²) in [5, 5.41) is 5.19. The van der Waals surface area contributed by atoms with Gasteiger partial charge in [-0.25, -0.2) is 4.39 Å². The number of halogens is 1. The molecule has 0 saturated carbocycles. The Labute approximate surface area is 110 Å². The monoisotopic (exact) mass is 265 g/mol. The average molecular weight is 265 g/mol. The van der Waals surface area contributed by atoms with Crippen molar-refractivity contribution in [3.63, 3.8) is 0 Å². The summed E-state index contributed by atoms with van der Waals surface area (Å²) < 4.78 is 15.7. The zero-order valence-corrected chi connectivity index (χ0v) is 11.3. The van der Waals surface area contributed by atoms with Crippen LogP contribution in [0.25, 0.3) is 0 Å². The molecule has 0 aliphatic carbocycles. The van der Waals surface area contributed by atoms with Crippen LogP contribution in [0.5, 0.6) is 0 Å². The quantitative estimate of drug-likeness (QED) is 0.923. The van der Waals surface area contributed by atoms with Crippen molar-refractivity contribution in [1.29, 1.82) is 0 Å². The molecule has 0 aliphatic heterocycles. The van der Waals surface area contributed by atoms with E-state index < -0.39 is 0 Å². The third kappa shape index (κ3) is 2.73. The first-order valence-electron chi connectivity index (χ1n) is 5.77. The van der Waals surface area contributed by atoms with Gasteiger partial charge >= 0.3 is 0 Å². The van der Waals surface area contributed by atoms with Crippen LogP contribution in [-0.4, -0.2) is 16.3 Å². The second kappa shape index (κ2) is 5.54. The van der Waals surface area contributed by atoms with Gasteiger partial charge in [0.25, 0.3) is 0 Å². The van der Waals surface area contributed by atoms with Crippen LogP contribution in [0.15, 0.2) is 34.2 Å². The number of aromatic nitrogens is 2. The van der Waals surface area contributed by atoms with Crippen molar-refractivity contribution in [3.8, 4) is 0 Å². The molecule has 0 aliphatic rings. The largest absolute Gasteiger partial charge is 0.330 e. The van der Waals surface area contributed by atoms with Gasteiger partial charge in [0.05, 0.1) is 15.6 Å². The first-order chi connectivity index (χ1) is 8.61. The lowest BCUT2D eigenvalue weighted by Crippen LogP contribution is -2.04. The van der Waals surface area contributed by atoms with Crippen molar-refractivity contribution in [2.24, 2.45) is 12.8 Å². The molecule has 1 heterocycles. The second-order valence-corrected chi connectivity index (χ2v) is 5.15. The molecule has 0 amide bonds. The van der Waals surface area contributed by atoms with E-state index in [1.807, 2.05) is 26.1 Å². The zero-order valence-electron chi connectivity index (χ0n) is 10.5. The lowest BCUT2D eigenvalue weighted by molar-refractivity contribution is 0.596. The fourth-order valence-corrected chi connectivity index (χ4v) is 2.89. The van der Waals surface area contributed by atoms with Gasteiger partial charge in [0, 0.05) is 7.05 Å². The minimum absolute atomic E-state index is 0.204. The average Bonchev–Trinajstić information content (AvgIpc) is 2.62. The van der Waals surface area contributed by atoms with E-state index >= 15 is 0 Å². The summed E-state index contributed by atoms with van der Waals surface area (Å²) in [5.41, 5.74) is 7.43. The molecule has 2 aromatic rings. The minimum Gasteiger partial charge on any atom is -0.330 e. The standard InChI is InChI=1S/C13H16FN3S/c1-9-8-12(17(2)16-9)18-13-10(6-7-15)4-3-5-11(13)14/h3-5,8H,6-7,15H2,1-2H3. The molecule has 2 N–H and O–H groups in total. The highest BCUT2D eigenvalue weighted by atomic mass is 32.2. The van der Waals surface area contributed by atoms with Crippen LogP contribution < -0.4 is 5.73 Å². The Bertz CT molecular complexity index is 551. The van der Waals surface area contributed by atoms with Gasteiger partial charge in [0.2, 0.25) is 0 Å². The number of aryl methyl sites for hydroxylation is 2. The number of hydrogen-bond acceptors (Lipinski definition) is 3. The highest BCUT2D eigenvalue weighted by Gasteiger charge is 2.12. The summed E-state index contributed by atoms with van der Waals surface area (Å²) >= 11 is 1.40. The fourth-order valence-electron chi connectivity index (χ4n) is 1.81. The molecule has 0 bridgehead atoms. The summed E-state index contributed by atoms with van der Waals surface area (Å²) in [6, 6.07) is 7.06. The van der Waals surface area contributed by atoms with Crippen LogP contribution >= 0.6 is 11.8 Å². The molecule has 0 radical (unpaired) electrons. The summed E-state index contributed by atoms with van der Waals surface area (Å²) in [7, 11) is 1.86. The summed E-state index contributed by atoms with van der Waals surface area (Å²) in [4.78, 5) is 0.644. The SMILES string of the molecule is Cc1cc(Sc2c(F)cccc2CCN)n(C)n1. The van der Waals surface area contributed by atoms with Crippen LogP contribution in [0, 0.1) is 12.7 Å². The third-order valence-electron chi connectivity index (χ3n) is 2.63. The summed E-state index contributed by atoms with van der Waals surface area (Å²) in [5.74, 6) is -0.204. The molecule has 3 nitrogen and oxygen atoms in total. The maximum Gasteiger partial charge on any atom is 0.137 e. The van der Waals surface area contributed by atoms with Crippen molar-refractivity contribution in [3.05, 3.63) is 41.3 Å². The maximum atomic E-state index is 13.9. The highest BCUT2D eigenvalue weighted by molar-refractivity contribution is 7.99. The van der Waals surface area contributed by atoms with Crippen LogP contribution in [0.3, 0.4) is 0 Å². The van der Waals surface area contributed by atoms with Gasteiger partial charge in [-0.1, -0.05) is 23.9 Å². The molecule has 5 heteroatoms. The Kier molecular flexibility index (Phi) is 4.04. The molecule has 0 fully saturated rings. The molecule has 96 valence electrons. The van der Waals surface area contributed by atoms with E-state index in [9.17, 15) is 4.39 Å². The number of benzene rings is 1. The van der Waals surface area contributed by atoms with Gasteiger partial charge in [-0.2, -0.15) is 5.10 Å². The number of nitrogens with two attached hydrogens (primary N) is 1. The van der Waals surface area contributed by atoms with Crippen molar-refractivity contribution < 1.29 is 4.39 Å². The molecule has 0 spiro atoms. The fraction of sp³-hybridized carbons (Fsp3) is 0.308. The summed E-state index contributed by atoms with van der Waals surface area (Å²) in [6.07, 6.45) is 0.678. The highest BCUT2D eigenvalue weighted by Crippen LogP contribution is 2.32. The van der Waals surface area contributed by atoms with Crippen molar-refractivity contribution >= 4 is 11.8 Å². The Balaban J connectivity index is 2.36. The normalized spacial score (nSPS) is 10.9. The Morgan fingerprint density at radius 1 is 1.44 bits per heavy atom. The first-order valence-corrected chi connectivity index (χ1v) is 6.59. The topological polar surface area (TPSA) is 43.8 Å². The third-order valence-corrected chi connectivity index (χ3v) is 3.88.